The predicted molar refractivity (Wildman–Crippen MR) is 64.3 cm³/mol. The zero-order valence-corrected chi connectivity index (χ0v) is 9.72. The topological polar surface area (TPSA) is 33.0 Å². The summed E-state index contributed by atoms with van der Waals surface area (Å²) in [4.78, 5) is 0. The highest BCUT2D eigenvalue weighted by Gasteiger charge is 1.94. The van der Waals surface area contributed by atoms with Crippen LogP contribution in [0.25, 0.3) is 0 Å². The van der Waals surface area contributed by atoms with Crippen molar-refractivity contribution >= 4 is 11.8 Å². The minimum absolute atomic E-state index is 0.671. The molecule has 3 heteroatoms. The Balaban J connectivity index is 2.23. The highest BCUT2D eigenvalue weighted by atomic mass is 32.2. The maximum Gasteiger partial charge on any atom is 0.119 e. The highest BCUT2D eigenvalue weighted by molar-refractivity contribution is 7.98. The molecule has 15 heavy (non-hydrogen) atoms. The Labute approximate surface area is 95.3 Å². The largest absolute Gasteiger partial charge is 0.494 e. The Kier molecular flexibility index (Phi) is 5.72. The van der Waals surface area contributed by atoms with Crippen LogP contribution >= 0.6 is 11.8 Å². The Morgan fingerprint density at radius 1 is 1.27 bits per heavy atom. The molecule has 0 aliphatic rings. The van der Waals surface area contributed by atoms with E-state index in [2.05, 4.69) is 12.3 Å². The first-order chi connectivity index (χ1) is 7.36. The van der Waals surface area contributed by atoms with Crippen LogP contribution in [-0.4, -0.2) is 18.6 Å². The number of thioether (sulfide) groups is 1. The summed E-state index contributed by atoms with van der Waals surface area (Å²) >= 11 is 1.86. The van der Waals surface area contributed by atoms with E-state index in [0.29, 0.717) is 5.56 Å². The van der Waals surface area contributed by atoms with Gasteiger partial charge in [0.1, 0.15) is 5.75 Å². The Morgan fingerprint density at radius 3 is 2.60 bits per heavy atom. The van der Waals surface area contributed by atoms with E-state index in [9.17, 15) is 0 Å². The smallest absolute Gasteiger partial charge is 0.119 e. The van der Waals surface area contributed by atoms with Gasteiger partial charge < -0.3 is 4.74 Å². The van der Waals surface area contributed by atoms with Crippen LogP contribution in [-0.2, 0) is 0 Å². The molecule has 0 amide bonds. The summed E-state index contributed by atoms with van der Waals surface area (Å²) in [5.74, 6) is 2.04. The third kappa shape index (κ3) is 4.75. The monoisotopic (exact) mass is 221 g/mol. The first-order valence-electron chi connectivity index (χ1n) is 4.98. The van der Waals surface area contributed by atoms with Crippen LogP contribution in [0.15, 0.2) is 24.3 Å². The molecule has 0 unspecified atom stereocenters. The third-order valence-electron chi connectivity index (χ3n) is 1.99. The van der Waals surface area contributed by atoms with Crippen molar-refractivity contribution in [3.05, 3.63) is 29.8 Å². The number of rotatable bonds is 6. The second-order valence-corrected chi connectivity index (χ2v) is 4.17. The van der Waals surface area contributed by atoms with E-state index in [-0.39, 0.29) is 0 Å². The van der Waals surface area contributed by atoms with Crippen LogP contribution in [0.1, 0.15) is 18.4 Å². The number of benzene rings is 1. The van der Waals surface area contributed by atoms with Gasteiger partial charge in [-0.3, -0.25) is 0 Å². The quantitative estimate of drug-likeness (QED) is 0.692. The molecule has 1 aromatic carbocycles. The maximum atomic E-state index is 8.61. The van der Waals surface area contributed by atoms with Crippen molar-refractivity contribution in [2.24, 2.45) is 0 Å². The number of hydrogen-bond donors (Lipinski definition) is 0. The lowest BCUT2D eigenvalue weighted by molar-refractivity contribution is 0.310. The third-order valence-corrected chi connectivity index (χ3v) is 2.69. The molecule has 0 aromatic heterocycles. The fourth-order valence-corrected chi connectivity index (χ4v) is 1.66. The molecule has 0 saturated heterocycles. The summed E-state index contributed by atoms with van der Waals surface area (Å²) in [7, 11) is 0. The van der Waals surface area contributed by atoms with Crippen molar-refractivity contribution in [1.82, 2.24) is 0 Å². The van der Waals surface area contributed by atoms with Gasteiger partial charge in [0.25, 0.3) is 0 Å². The van der Waals surface area contributed by atoms with E-state index >= 15 is 0 Å². The minimum Gasteiger partial charge on any atom is -0.494 e. The second kappa shape index (κ2) is 7.19. The first kappa shape index (κ1) is 11.9. The van der Waals surface area contributed by atoms with Gasteiger partial charge in [-0.2, -0.15) is 17.0 Å². The van der Waals surface area contributed by atoms with E-state index in [1.54, 1.807) is 12.1 Å². The van der Waals surface area contributed by atoms with E-state index in [1.807, 2.05) is 23.9 Å². The molecule has 80 valence electrons. The van der Waals surface area contributed by atoms with Crippen molar-refractivity contribution < 1.29 is 4.74 Å². The van der Waals surface area contributed by atoms with Gasteiger partial charge in [-0.1, -0.05) is 0 Å². The summed E-state index contributed by atoms with van der Waals surface area (Å²) < 4.78 is 5.53. The zero-order valence-electron chi connectivity index (χ0n) is 8.90. The van der Waals surface area contributed by atoms with E-state index in [0.717, 1.165) is 18.8 Å². The first-order valence-corrected chi connectivity index (χ1v) is 6.38. The Morgan fingerprint density at radius 2 is 2.00 bits per heavy atom. The molecular formula is C12H15NOS. The summed E-state index contributed by atoms with van der Waals surface area (Å²) in [6.07, 6.45) is 4.39. The van der Waals surface area contributed by atoms with Gasteiger partial charge in [-0.05, 0) is 49.1 Å². The standard InChI is InChI=1S/C12H15NOS/c1-15-9-3-2-8-14-12-6-4-11(10-13)5-7-12/h4-7H,2-3,8-9H2,1H3. The molecule has 1 rings (SSSR count). The maximum absolute atomic E-state index is 8.61. The molecule has 0 aliphatic heterocycles. The summed E-state index contributed by atoms with van der Waals surface area (Å²) in [5.41, 5.74) is 0.671. The van der Waals surface area contributed by atoms with Gasteiger partial charge in [-0.15, -0.1) is 0 Å². The van der Waals surface area contributed by atoms with Crippen molar-refractivity contribution in [3.8, 4) is 11.8 Å². The average Bonchev–Trinajstić information content (AvgIpc) is 2.30. The molecule has 0 saturated carbocycles. The Hall–Kier alpha value is -1.14. The molecule has 0 heterocycles. The molecule has 0 atom stereocenters. The summed E-state index contributed by atoms with van der Waals surface area (Å²) in [5, 5.41) is 8.61. The lowest BCUT2D eigenvalue weighted by Gasteiger charge is -2.05. The lowest BCUT2D eigenvalue weighted by atomic mass is 10.2. The van der Waals surface area contributed by atoms with Crippen molar-refractivity contribution in [2.75, 3.05) is 18.6 Å². The number of unbranched alkanes of at least 4 members (excludes halogenated alkanes) is 1. The highest BCUT2D eigenvalue weighted by Crippen LogP contribution is 2.12. The fraction of sp³-hybridized carbons (Fsp3) is 0.417. The second-order valence-electron chi connectivity index (χ2n) is 3.18. The van der Waals surface area contributed by atoms with Gasteiger partial charge in [0, 0.05) is 0 Å². The van der Waals surface area contributed by atoms with Gasteiger partial charge in [-0.25, -0.2) is 0 Å². The molecular weight excluding hydrogens is 206 g/mol. The van der Waals surface area contributed by atoms with E-state index in [1.165, 1.54) is 12.2 Å². The molecule has 0 spiro atoms. The number of nitrogens with zero attached hydrogens (tertiary/aromatic N) is 1. The Bertz CT molecular complexity index is 315. The van der Waals surface area contributed by atoms with E-state index < -0.39 is 0 Å². The van der Waals surface area contributed by atoms with Crippen molar-refractivity contribution in [2.45, 2.75) is 12.8 Å². The van der Waals surface area contributed by atoms with Crippen LogP contribution in [0.5, 0.6) is 5.75 Å². The molecule has 1 aromatic rings. The zero-order chi connectivity index (χ0) is 10.9. The molecule has 0 N–H and O–H groups in total. The van der Waals surface area contributed by atoms with Crippen LogP contribution in [0.3, 0.4) is 0 Å². The van der Waals surface area contributed by atoms with Gasteiger partial charge in [0.15, 0.2) is 0 Å². The summed E-state index contributed by atoms with van der Waals surface area (Å²) in [6.45, 7) is 0.756. The molecule has 0 radical (unpaired) electrons. The normalized spacial score (nSPS) is 9.60. The van der Waals surface area contributed by atoms with Crippen molar-refractivity contribution in [3.63, 3.8) is 0 Å². The average molecular weight is 221 g/mol. The van der Waals surface area contributed by atoms with Gasteiger partial charge in [0.2, 0.25) is 0 Å². The van der Waals surface area contributed by atoms with Crippen LogP contribution < -0.4 is 4.74 Å². The number of hydrogen-bond acceptors (Lipinski definition) is 3. The SMILES string of the molecule is CSCCCCOc1ccc(C#N)cc1. The van der Waals surface area contributed by atoms with Crippen LogP contribution in [0, 0.1) is 11.3 Å². The molecule has 0 bridgehead atoms. The van der Waals surface area contributed by atoms with Crippen LogP contribution in [0.2, 0.25) is 0 Å². The predicted octanol–water partition coefficient (Wildman–Crippen LogP) is 3.08. The molecule has 2 nitrogen and oxygen atoms in total. The minimum atomic E-state index is 0.671. The summed E-state index contributed by atoms with van der Waals surface area (Å²) in [6, 6.07) is 9.31. The number of nitriles is 1. The van der Waals surface area contributed by atoms with E-state index in [4.69, 9.17) is 10.00 Å². The fourth-order valence-electron chi connectivity index (χ4n) is 1.16. The van der Waals surface area contributed by atoms with Gasteiger partial charge >= 0.3 is 0 Å². The van der Waals surface area contributed by atoms with Crippen LogP contribution in [0.4, 0.5) is 0 Å². The van der Waals surface area contributed by atoms with Gasteiger partial charge in [0.05, 0.1) is 18.2 Å². The molecule has 0 fully saturated rings. The molecule has 0 aliphatic carbocycles. The number of ether oxygens (including phenoxy) is 1. The van der Waals surface area contributed by atoms with Crippen molar-refractivity contribution in [1.29, 1.82) is 5.26 Å². The lowest BCUT2D eigenvalue weighted by Crippen LogP contribution is -1.97.